The number of methoxy groups -OCH3 is 1. The van der Waals surface area contributed by atoms with Crippen LogP contribution in [-0.4, -0.2) is 30.8 Å². The molecule has 2 N–H and O–H groups in total. The molecule has 1 atom stereocenters. The number of ether oxygens (including phenoxy) is 1. The van der Waals surface area contributed by atoms with Gasteiger partial charge in [-0.1, -0.05) is 38.0 Å². The molecule has 0 bridgehead atoms. The SMILES string of the molecule is CCCC[C@@H](COC)NC(=O)Cc1ccccc1O. The van der Waals surface area contributed by atoms with E-state index in [-0.39, 0.29) is 24.1 Å². The van der Waals surface area contributed by atoms with E-state index in [0.29, 0.717) is 12.2 Å². The molecule has 0 aliphatic heterocycles. The van der Waals surface area contributed by atoms with Crippen molar-refractivity contribution in [3.05, 3.63) is 29.8 Å². The van der Waals surface area contributed by atoms with Gasteiger partial charge in [-0.3, -0.25) is 4.79 Å². The molecule has 1 amide bonds. The Morgan fingerprint density at radius 1 is 1.42 bits per heavy atom. The van der Waals surface area contributed by atoms with Crippen molar-refractivity contribution in [3.8, 4) is 5.75 Å². The van der Waals surface area contributed by atoms with Gasteiger partial charge in [0.15, 0.2) is 0 Å². The maximum atomic E-state index is 11.9. The van der Waals surface area contributed by atoms with Crippen molar-refractivity contribution in [1.29, 1.82) is 0 Å². The minimum atomic E-state index is -0.0837. The van der Waals surface area contributed by atoms with Crippen LogP contribution in [0.5, 0.6) is 5.75 Å². The van der Waals surface area contributed by atoms with E-state index < -0.39 is 0 Å². The summed E-state index contributed by atoms with van der Waals surface area (Å²) in [6.07, 6.45) is 3.26. The highest BCUT2D eigenvalue weighted by Crippen LogP contribution is 2.16. The molecule has 0 fully saturated rings. The second-order valence-electron chi connectivity index (χ2n) is 4.67. The Hall–Kier alpha value is -1.55. The minimum absolute atomic E-state index is 0.0447. The third-order valence-electron chi connectivity index (χ3n) is 2.98. The van der Waals surface area contributed by atoms with Crippen molar-refractivity contribution in [2.75, 3.05) is 13.7 Å². The Bertz CT molecular complexity index is 393. The fourth-order valence-electron chi connectivity index (χ4n) is 1.96. The van der Waals surface area contributed by atoms with E-state index in [1.807, 2.05) is 6.07 Å². The Morgan fingerprint density at radius 3 is 2.79 bits per heavy atom. The van der Waals surface area contributed by atoms with Crippen molar-refractivity contribution in [2.45, 2.75) is 38.6 Å². The second-order valence-corrected chi connectivity index (χ2v) is 4.67. The number of phenols is 1. The van der Waals surface area contributed by atoms with Gasteiger partial charge in [0.2, 0.25) is 5.91 Å². The van der Waals surface area contributed by atoms with Crippen molar-refractivity contribution < 1.29 is 14.6 Å². The van der Waals surface area contributed by atoms with Crippen LogP contribution in [0.4, 0.5) is 0 Å². The zero-order valence-electron chi connectivity index (χ0n) is 11.7. The zero-order valence-corrected chi connectivity index (χ0v) is 11.7. The Balaban J connectivity index is 2.50. The molecule has 0 unspecified atom stereocenters. The van der Waals surface area contributed by atoms with Crippen molar-refractivity contribution in [3.63, 3.8) is 0 Å². The molecule has 0 aliphatic rings. The fraction of sp³-hybridized carbons (Fsp3) is 0.533. The molecule has 4 nitrogen and oxygen atoms in total. The van der Waals surface area contributed by atoms with Crippen LogP contribution in [0, 0.1) is 0 Å². The van der Waals surface area contributed by atoms with Gasteiger partial charge >= 0.3 is 0 Å². The van der Waals surface area contributed by atoms with Gasteiger partial charge in [0.1, 0.15) is 5.75 Å². The molecule has 0 saturated heterocycles. The normalized spacial score (nSPS) is 12.1. The third kappa shape index (κ3) is 5.75. The number of carbonyl (C=O) groups is 1. The molecule has 0 saturated carbocycles. The highest BCUT2D eigenvalue weighted by molar-refractivity contribution is 5.79. The van der Waals surface area contributed by atoms with Crippen LogP contribution in [0.1, 0.15) is 31.7 Å². The van der Waals surface area contributed by atoms with Crippen LogP contribution in [0.3, 0.4) is 0 Å². The zero-order chi connectivity index (χ0) is 14.1. The third-order valence-corrected chi connectivity index (χ3v) is 2.98. The minimum Gasteiger partial charge on any atom is -0.508 e. The summed E-state index contributed by atoms with van der Waals surface area (Å²) >= 11 is 0. The van der Waals surface area contributed by atoms with Gasteiger partial charge in [-0.15, -0.1) is 0 Å². The van der Waals surface area contributed by atoms with Gasteiger partial charge in [-0.05, 0) is 12.5 Å². The Morgan fingerprint density at radius 2 is 2.16 bits per heavy atom. The molecule has 1 rings (SSSR count). The molecule has 0 aliphatic carbocycles. The van der Waals surface area contributed by atoms with Gasteiger partial charge in [-0.25, -0.2) is 0 Å². The van der Waals surface area contributed by atoms with Gasteiger partial charge in [0, 0.05) is 12.7 Å². The predicted molar refractivity (Wildman–Crippen MR) is 75.1 cm³/mol. The molecular formula is C15H23NO3. The number of benzene rings is 1. The standard InChI is InChI=1S/C15H23NO3/c1-3-4-8-13(11-19-2)16-15(18)10-12-7-5-6-9-14(12)17/h5-7,9,13,17H,3-4,8,10-11H2,1-2H3,(H,16,18)/t13-/m0/s1. The number of aromatic hydroxyl groups is 1. The maximum absolute atomic E-state index is 11.9. The predicted octanol–water partition coefficient (Wildman–Crippen LogP) is 2.26. The monoisotopic (exact) mass is 265 g/mol. The Labute approximate surface area is 114 Å². The number of unbranched alkanes of at least 4 members (excludes halogenated alkanes) is 1. The maximum Gasteiger partial charge on any atom is 0.224 e. The van der Waals surface area contributed by atoms with Crippen LogP contribution in [-0.2, 0) is 16.0 Å². The lowest BCUT2D eigenvalue weighted by molar-refractivity contribution is -0.121. The number of phenolic OH excluding ortho intramolecular Hbond substituents is 1. The molecule has 1 aromatic rings. The van der Waals surface area contributed by atoms with E-state index in [0.717, 1.165) is 19.3 Å². The van der Waals surface area contributed by atoms with Crippen molar-refractivity contribution in [1.82, 2.24) is 5.32 Å². The van der Waals surface area contributed by atoms with Crippen LogP contribution < -0.4 is 5.32 Å². The van der Waals surface area contributed by atoms with Crippen LogP contribution >= 0.6 is 0 Å². The highest BCUT2D eigenvalue weighted by atomic mass is 16.5. The number of hydrogen-bond acceptors (Lipinski definition) is 3. The summed E-state index contributed by atoms with van der Waals surface area (Å²) in [5, 5.41) is 12.6. The molecule has 4 heteroatoms. The molecule has 106 valence electrons. The summed E-state index contributed by atoms with van der Waals surface area (Å²) in [6.45, 7) is 2.64. The van der Waals surface area contributed by atoms with E-state index in [4.69, 9.17) is 4.74 Å². The largest absolute Gasteiger partial charge is 0.508 e. The van der Waals surface area contributed by atoms with E-state index >= 15 is 0 Å². The number of nitrogens with one attached hydrogen (secondary N) is 1. The lowest BCUT2D eigenvalue weighted by Crippen LogP contribution is -2.38. The van der Waals surface area contributed by atoms with Gasteiger partial charge in [-0.2, -0.15) is 0 Å². The molecule has 19 heavy (non-hydrogen) atoms. The molecular weight excluding hydrogens is 242 g/mol. The van der Waals surface area contributed by atoms with Gasteiger partial charge in [0.25, 0.3) is 0 Å². The molecule has 0 aromatic heterocycles. The van der Waals surface area contributed by atoms with E-state index in [1.165, 1.54) is 0 Å². The number of amides is 1. The molecule has 1 aromatic carbocycles. The first kappa shape index (κ1) is 15.5. The second kappa shape index (κ2) is 8.53. The molecule has 0 spiro atoms. The summed E-state index contributed by atoms with van der Waals surface area (Å²) in [5.41, 5.74) is 0.645. The summed E-state index contributed by atoms with van der Waals surface area (Å²) in [6, 6.07) is 6.94. The number of para-hydroxylation sites is 1. The first-order valence-corrected chi connectivity index (χ1v) is 6.72. The topological polar surface area (TPSA) is 58.6 Å². The fourth-order valence-corrected chi connectivity index (χ4v) is 1.96. The highest BCUT2D eigenvalue weighted by Gasteiger charge is 2.13. The quantitative estimate of drug-likeness (QED) is 0.758. The lowest BCUT2D eigenvalue weighted by Gasteiger charge is -2.17. The smallest absolute Gasteiger partial charge is 0.224 e. The van der Waals surface area contributed by atoms with Crippen molar-refractivity contribution >= 4 is 5.91 Å². The summed E-state index contributed by atoms with van der Waals surface area (Å²) in [7, 11) is 1.63. The first-order chi connectivity index (χ1) is 9.17. The van der Waals surface area contributed by atoms with Crippen LogP contribution in [0.2, 0.25) is 0 Å². The Kier molecular flexibility index (Phi) is 6.97. The number of carbonyl (C=O) groups excluding carboxylic acids is 1. The van der Waals surface area contributed by atoms with Gasteiger partial charge < -0.3 is 15.2 Å². The molecule has 0 heterocycles. The summed E-state index contributed by atoms with van der Waals surface area (Å²) in [5.74, 6) is 0.0779. The van der Waals surface area contributed by atoms with Crippen molar-refractivity contribution in [2.24, 2.45) is 0 Å². The average Bonchev–Trinajstić information content (AvgIpc) is 2.39. The first-order valence-electron chi connectivity index (χ1n) is 6.72. The average molecular weight is 265 g/mol. The molecule has 0 radical (unpaired) electrons. The van der Waals surface area contributed by atoms with Crippen LogP contribution in [0.25, 0.3) is 0 Å². The number of rotatable bonds is 8. The van der Waals surface area contributed by atoms with E-state index in [1.54, 1.807) is 25.3 Å². The van der Waals surface area contributed by atoms with E-state index in [2.05, 4.69) is 12.2 Å². The van der Waals surface area contributed by atoms with Gasteiger partial charge in [0.05, 0.1) is 19.1 Å². The summed E-state index contributed by atoms with van der Waals surface area (Å²) < 4.78 is 5.11. The van der Waals surface area contributed by atoms with E-state index in [9.17, 15) is 9.90 Å². The lowest BCUT2D eigenvalue weighted by atomic mass is 10.1. The summed E-state index contributed by atoms with van der Waals surface area (Å²) in [4.78, 5) is 11.9. The van der Waals surface area contributed by atoms with Crippen LogP contribution in [0.15, 0.2) is 24.3 Å². The number of hydrogen-bond donors (Lipinski definition) is 2.